The van der Waals surface area contributed by atoms with E-state index in [9.17, 15) is 4.79 Å². The van der Waals surface area contributed by atoms with E-state index in [-0.39, 0.29) is 10.8 Å². The summed E-state index contributed by atoms with van der Waals surface area (Å²) in [5.41, 5.74) is 1.57. The highest BCUT2D eigenvalue weighted by Gasteiger charge is 2.18. The molecule has 18 heavy (non-hydrogen) atoms. The first-order valence-electron chi connectivity index (χ1n) is 5.74. The Bertz CT molecular complexity index is 653. The van der Waals surface area contributed by atoms with E-state index < -0.39 is 0 Å². The molecule has 4 heteroatoms. The lowest BCUT2D eigenvalue weighted by Crippen LogP contribution is -2.18. The molecule has 0 bridgehead atoms. The molecule has 0 aliphatic carbocycles. The molecule has 3 nitrogen and oxygen atoms in total. The summed E-state index contributed by atoms with van der Waals surface area (Å²) < 4.78 is 6.11. The van der Waals surface area contributed by atoms with Crippen molar-refractivity contribution in [3.8, 4) is 5.75 Å². The molecule has 0 saturated heterocycles. The molecule has 0 aliphatic rings. The second kappa shape index (κ2) is 4.43. The summed E-state index contributed by atoms with van der Waals surface area (Å²) in [5, 5.41) is 0.583. The number of hydrogen-bond donors (Lipinski definition) is 1. The number of pyridine rings is 1. The van der Waals surface area contributed by atoms with Crippen LogP contribution < -0.4 is 10.2 Å². The molecule has 0 amide bonds. The number of fused-ring (bicyclic) bond motifs is 1. The van der Waals surface area contributed by atoms with Crippen LogP contribution in [0.4, 0.5) is 0 Å². The molecule has 2 aromatic rings. The maximum Gasteiger partial charge on any atom is 0.193 e. The number of hydrogen-bond acceptors (Lipinski definition) is 2. The molecule has 0 atom stereocenters. The van der Waals surface area contributed by atoms with Crippen molar-refractivity contribution in [3.63, 3.8) is 0 Å². The highest BCUT2D eigenvalue weighted by Crippen LogP contribution is 2.30. The molecule has 2 rings (SSSR count). The van der Waals surface area contributed by atoms with E-state index in [1.807, 2.05) is 6.07 Å². The number of nitrogens with one attached hydrogen (secondary N) is 1. The predicted molar refractivity (Wildman–Crippen MR) is 77.5 cm³/mol. The Labute approximate surface area is 114 Å². The first-order valence-corrected chi connectivity index (χ1v) is 6.54. The van der Waals surface area contributed by atoms with Gasteiger partial charge in [-0.2, -0.15) is 0 Å². The summed E-state index contributed by atoms with van der Waals surface area (Å²) in [7, 11) is 1.57. The number of aromatic nitrogens is 1. The van der Waals surface area contributed by atoms with Crippen molar-refractivity contribution < 1.29 is 4.74 Å². The van der Waals surface area contributed by atoms with Gasteiger partial charge in [-0.25, -0.2) is 0 Å². The summed E-state index contributed by atoms with van der Waals surface area (Å²) in [6, 6.07) is 5.32. The van der Waals surface area contributed by atoms with Crippen LogP contribution in [0.1, 0.15) is 26.5 Å². The predicted octanol–water partition coefficient (Wildman–Crippen LogP) is 3.60. The normalized spacial score (nSPS) is 11.8. The second-order valence-electron chi connectivity index (χ2n) is 5.30. The van der Waals surface area contributed by atoms with E-state index in [1.54, 1.807) is 19.2 Å². The van der Waals surface area contributed by atoms with Crippen LogP contribution in [-0.2, 0) is 5.41 Å². The van der Waals surface area contributed by atoms with Crippen molar-refractivity contribution in [2.75, 3.05) is 7.11 Å². The molecular weight excluding hydrogens is 294 g/mol. The zero-order valence-corrected chi connectivity index (χ0v) is 12.5. The first kappa shape index (κ1) is 13.1. The first-order chi connectivity index (χ1) is 8.34. The Morgan fingerprint density at radius 2 is 1.94 bits per heavy atom. The van der Waals surface area contributed by atoms with Gasteiger partial charge in [-0.15, -0.1) is 0 Å². The molecule has 1 N–H and O–H groups in total. The Kier molecular flexibility index (Phi) is 3.23. The molecule has 0 radical (unpaired) electrons. The Balaban J connectivity index is 2.90. The molecule has 1 aromatic heterocycles. The van der Waals surface area contributed by atoms with Gasteiger partial charge < -0.3 is 9.72 Å². The van der Waals surface area contributed by atoms with Crippen molar-refractivity contribution >= 4 is 26.8 Å². The molecule has 1 aromatic carbocycles. The fourth-order valence-corrected chi connectivity index (χ4v) is 2.30. The third kappa shape index (κ3) is 2.17. The van der Waals surface area contributed by atoms with Crippen molar-refractivity contribution in [2.45, 2.75) is 26.2 Å². The van der Waals surface area contributed by atoms with E-state index >= 15 is 0 Å². The number of halogens is 1. The van der Waals surface area contributed by atoms with Gasteiger partial charge in [0.1, 0.15) is 5.75 Å². The van der Waals surface area contributed by atoms with Crippen molar-refractivity contribution in [1.82, 2.24) is 4.98 Å². The molecule has 1 heterocycles. The summed E-state index contributed by atoms with van der Waals surface area (Å²) in [6.07, 6.45) is 0. The van der Waals surface area contributed by atoms with Crippen molar-refractivity contribution in [2.24, 2.45) is 0 Å². The summed E-state index contributed by atoms with van der Waals surface area (Å²) in [4.78, 5) is 15.6. The van der Waals surface area contributed by atoms with Crippen LogP contribution in [0.2, 0.25) is 0 Å². The third-order valence-corrected chi connectivity index (χ3v) is 3.59. The van der Waals surface area contributed by atoms with Gasteiger partial charge in [0.2, 0.25) is 0 Å². The van der Waals surface area contributed by atoms with Crippen LogP contribution in [0.3, 0.4) is 0 Å². The highest BCUT2D eigenvalue weighted by molar-refractivity contribution is 9.10. The number of benzene rings is 1. The maximum atomic E-state index is 12.3. The van der Waals surface area contributed by atoms with Crippen LogP contribution in [0, 0.1) is 0 Å². The summed E-state index contributed by atoms with van der Waals surface area (Å²) >= 11 is 3.47. The van der Waals surface area contributed by atoms with E-state index in [0.717, 1.165) is 15.7 Å². The standard InChI is InChI=1S/C14H16BrNO2/c1-14(2,3)11-7-9(17)12-10(18-4)6-5-8(15)13(12)16-11/h5-7H,1-4H3,(H,16,17). The van der Waals surface area contributed by atoms with Gasteiger partial charge in [0, 0.05) is 21.6 Å². The maximum absolute atomic E-state index is 12.3. The zero-order valence-electron chi connectivity index (χ0n) is 10.9. The van der Waals surface area contributed by atoms with E-state index in [4.69, 9.17) is 4.74 Å². The van der Waals surface area contributed by atoms with Gasteiger partial charge in [-0.05, 0) is 28.1 Å². The average Bonchev–Trinajstić information content (AvgIpc) is 2.29. The van der Waals surface area contributed by atoms with Crippen LogP contribution in [0.15, 0.2) is 27.5 Å². The Morgan fingerprint density at radius 3 is 2.50 bits per heavy atom. The lowest BCUT2D eigenvalue weighted by atomic mass is 9.91. The van der Waals surface area contributed by atoms with Gasteiger partial charge in [-0.3, -0.25) is 4.79 Å². The lowest BCUT2D eigenvalue weighted by Gasteiger charge is -2.19. The molecule has 0 unspecified atom stereocenters. The highest BCUT2D eigenvalue weighted by atomic mass is 79.9. The second-order valence-corrected chi connectivity index (χ2v) is 6.15. The minimum absolute atomic E-state index is 0.0215. The quantitative estimate of drug-likeness (QED) is 0.874. The molecule has 0 saturated carbocycles. The fraction of sp³-hybridized carbons (Fsp3) is 0.357. The summed E-state index contributed by atoms with van der Waals surface area (Å²) in [6.45, 7) is 6.20. The van der Waals surface area contributed by atoms with Gasteiger partial charge >= 0.3 is 0 Å². The number of aromatic amines is 1. The minimum atomic E-state index is -0.101. The van der Waals surface area contributed by atoms with Gasteiger partial charge in [0.15, 0.2) is 5.43 Å². The van der Waals surface area contributed by atoms with Gasteiger partial charge in [0.05, 0.1) is 18.0 Å². The van der Waals surface area contributed by atoms with Gasteiger partial charge in [0.25, 0.3) is 0 Å². The van der Waals surface area contributed by atoms with E-state index in [0.29, 0.717) is 11.1 Å². The van der Waals surface area contributed by atoms with Crippen LogP contribution >= 0.6 is 15.9 Å². The number of H-pyrrole nitrogens is 1. The lowest BCUT2D eigenvalue weighted by molar-refractivity contribution is 0.419. The number of rotatable bonds is 1. The van der Waals surface area contributed by atoms with Crippen molar-refractivity contribution in [1.29, 1.82) is 0 Å². The topological polar surface area (TPSA) is 42.1 Å². The molecule has 0 fully saturated rings. The average molecular weight is 310 g/mol. The minimum Gasteiger partial charge on any atom is -0.496 e. The number of methoxy groups -OCH3 is 1. The Hall–Kier alpha value is -1.29. The molecule has 0 spiro atoms. The van der Waals surface area contributed by atoms with E-state index in [1.165, 1.54) is 0 Å². The monoisotopic (exact) mass is 309 g/mol. The van der Waals surface area contributed by atoms with Gasteiger partial charge in [-0.1, -0.05) is 20.8 Å². The smallest absolute Gasteiger partial charge is 0.193 e. The van der Waals surface area contributed by atoms with E-state index in [2.05, 4.69) is 41.7 Å². The molecule has 96 valence electrons. The fourth-order valence-electron chi connectivity index (χ4n) is 1.87. The zero-order chi connectivity index (χ0) is 13.5. The van der Waals surface area contributed by atoms with Crippen LogP contribution in [0.5, 0.6) is 5.75 Å². The molecule has 0 aliphatic heterocycles. The molecular formula is C14H16BrNO2. The van der Waals surface area contributed by atoms with Crippen LogP contribution in [0.25, 0.3) is 10.9 Å². The van der Waals surface area contributed by atoms with Crippen molar-refractivity contribution in [3.05, 3.63) is 38.6 Å². The Morgan fingerprint density at radius 1 is 1.28 bits per heavy atom. The third-order valence-electron chi connectivity index (χ3n) is 2.93. The number of ether oxygens (including phenoxy) is 1. The van der Waals surface area contributed by atoms with Crippen LogP contribution in [-0.4, -0.2) is 12.1 Å². The summed E-state index contributed by atoms with van der Waals surface area (Å²) in [5.74, 6) is 0.593. The SMILES string of the molecule is COc1ccc(Br)c2[nH]c(C(C)(C)C)cc(=O)c12. The largest absolute Gasteiger partial charge is 0.496 e.